The highest BCUT2D eigenvalue weighted by molar-refractivity contribution is 5.13. The van der Waals surface area contributed by atoms with Gasteiger partial charge in [-0.25, -0.2) is 0 Å². The molecule has 0 amide bonds. The van der Waals surface area contributed by atoms with Crippen LogP contribution in [0.15, 0.2) is 48.1 Å². The highest BCUT2D eigenvalue weighted by Crippen LogP contribution is 2.04. The fourth-order valence-corrected chi connectivity index (χ4v) is 1.30. The SMILES string of the molecule is C=CCC(COCc1ccccc1)N=[N+]=[N-]. The maximum Gasteiger partial charge on any atom is 0.0717 e. The lowest BCUT2D eigenvalue weighted by atomic mass is 10.2. The monoisotopic (exact) mass is 217 g/mol. The zero-order valence-electron chi connectivity index (χ0n) is 9.12. The average molecular weight is 217 g/mol. The molecule has 0 fully saturated rings. The van der Waals surface area contributed by atoms with Crippen LogP contribution in [0.4, 0.5) is 0 Å². The lowest BCUT2D eigenvalue weighted by molar-refractivity contribution is 0.108. The summed E-state index contributed by atoms with van der Waals surface area (Å²) in [6.45, 7) is 4.57. The lowest BCUT2D eigenvalue weighted by Gasteiger charge is -2.09. The molecule has 0 saturated heterocycles. The molecule has 84 valence electrons. The summed E-state index contributed by atoms with van der Waals surface area (Å²) in [6, 6.07) is 9.72. The first-order valence-electron chi connectivity index (χ1n) is 5.13. The summed E-state index contributed by atoms with van der Waals surface area (Å²) in [5.41, 5.74) is 9.46. The summed E-state index contributed by atoms with van der Waals surface area (Å²) in [5.74, 6) is 0. The van der Waals surface area contributed by atoms with E-state index in [4.69, 9.17) is 10.3 Å². The van der Waals surface area contributed by atoms with Crippen LogP contribution in [0.5, 0.6) is 0 Å². The Balaban J connectivity index is 2.33. The van der Waals surface area contributed by atoms with Gasteiger partial charge in [0.15, 0.2) is 0 Å². The van der Waals surface area contributed by atoms with E-state index in [0.29, 0.717) is 19.6 Å². The van der Waals surface area contributed by atoms with E-state index in [1.807, 2.05) is 30.3 Å². The van der Waals surface area contributed by atoms with Gasteiger partial charge in [-0.2, -0.15) is 0 Å². The smallest absolute Gasteiger partial charge is 0.0717 e. The van der Waals surface area contributed by atoms with E-state index in [2.05, 4.69) is 16.6 Å². The Morgan fingerprint density at radius 2 is 2.19 bits per heavy atom. The molecule has 4 heteroatoms. The molecular formula is C12H15N3O. The Morgan fingerprint density at radius 1 is 1.44 bits per heavy atom. The van der Waals surface area contributed by atoms with E-state index in [-0.39, 0.29) is 6.04 Å². The van der Waals surface area contributed by atoms with Crippen LogP contribution in [0.1, 0.15) is 12.0 Å². The summed E-state index contributed by atoms with van der Waals surface area (Å²) >= 11 is 0. The fraction of sp³-hybridized carbons (Fsp3) is 0.333. The third kappa shape index (κ3) is 4.64. The number of hydrogen-bond donors (Lipinski definition) is 0. The van der Waals surface area contributed by atoms with E-state index in [0.717, 1.165) is 5.56 Å². The molecule has 4 nitrogen and oxygen atoms in total. The molecular weight excluding hydrogens is 202 g/mol. The number of azide groups is 1. The van der Waals surface area contributed by atoms with E-state index in [1.165, 1.54) is 0 Å². The van der Waals surface area contributed by atoms with Gasteiger partial charge in [-0.05, 0) is 17.5 Å². The van der Waals surface area contributed by atoms with Crippen LogP contribution in [0.25, 0.3) is 10.4 Å². The molecule has 0 aliphatic rings. The van der Waals surface area contributed by atoms with E-state index in [9.17, 15) is 0 Å². The van der Waals surface area contributed by atoms with Crippen molar-refractivity contribution in [2.24, 2.45) is 5.11 Å². The third-order valence-corrected chi connectivity index (χ3v) is 2.08. The largest absolute Gasteiger partial charge is 0.376 e. The Morgan fingerprint density at radius 3 is 2.81 bits per heavy atom. The van der Waals surface area contributed by atoms with E-state index in [1.54, 1.807) is 6.08 Å². The first-order chi connectivity index (χ1) is 7.86. The van der Waals surface area contributed by atoms with E-state index >= 15 is 0 Å². The highest BCUT2D eigenvalue weighted by atomic mass is 16.5. The first kappa shape index (κ1) is 12.3. The molecule has 0 bridgehead atoms. The molecule has 1 unspecified atom stereocenters. The highest BCUT2D eigenvalue weighted by Gasteiger charge is 2.03. The van der Waals surface area contributed by atoms with Crippen LogP contribution in [-0.4, -0.2) is 12.6 Å². The summed E-state index contributed by atoms with van der Waals surface area (Å²) in [5, 5.41) is 3.63. The fourth-order valence-electron chi connectivity index (χ4n) is 1.30. The summed E-state index contributed by atoms with van der Waals surface area (Å²) in [6.07, 6.45) is 2.37. The number of nitrogens with zero attached hydrogens (tertiary/aromatic N) is 3. The van der Waals surface area contributed by atoms with Crippen molar-refractivity contribution in [2.75, 3.05) is 6.61 Å². The van der Waals surface area contributed by atoms with Crippen molar-refractivity contribution < 1.29 is 4.74 Å². The topological polar surface area (TPSA) is 58.0 Å². The summed E-state index contributed by atoms with van der Waals surface area (Å²) in [7, 11) is 0. The predicted molar refractivity (Wildman–Crippen MR) is 63.8 cm³/mol. The zero-order chi connectivity index (χ0) is 11.6. The van der Waals surface area contributed by atoms with Crippen molar-refractivity contribution in [1.29, 1.82) is 0 Å². The number of hydrogen-bond acceptors (Lipinski definition) is 2. The summed E-state index contributed by atoms with van der Waals surface area (Å²) in [4.78, 5) is 2.78. The number of ether oxygens (including phenoxy) is 1. The standard InChI is InChI=1S/C12H15N3O/c1-2-6-12(14-15-13)10-16-9-11-7-4-3-5-8-11/h2-5,7-8,12H,1,6,9-10H2. The van der Waals surface area contributed by atoms with Gasteiger partial charge in [0.2, 0.25) is 0 Å². The maximum absolute atomic E-state index is 8.35. The zero-order valence-corrected chi connectivity index (χ0v) is 9.12. The Kier molecular flexibility index (Phi) is 5.78. The van der Waals surface area contributed by atoms with Gasteiger partial charge < -0.3 is 4.74 Å². The van der Waals surface area contributed by atoms with Gasteiger partial charge >= 0.3 is 0 Å². The number of rotatable bonds is 7. The molecule has 16 heavy (non-hydrogen) atoms. The van der Waals surface area contributed by atoms with E-state index < -0.39 is 0 Å². The van der Waals surface area contributed by atoms with Gasteiger partial charge in [0.05, 0.1) is 19.3 Å². The van der Waals surface area contributed by atoms with Gasteiger partial charge in [0.1, 0.15) is 0 Å². The van der Waals surface area contributed by atoms with Gasteiger partial charge in [0, 0.05) is 4.91 Å². The van der Waals surface area contributed by atoms with Crippen molar-refractivity contribution >= 4 is 0 Å². The van der Waals surface area contributed by atoms with Crippen molar-refractivity contribution in [3.05, 3.63) is 59.0 Å². The second kappa shape index (κ2) is 7.51. The third-order valence-electron chi connectivity index (χ3n) is 2.08. The molecule has 0 spiro atoms. The number of benzene rings is 1. The maximum atomic E-state index is 8.35. The molecule has 0 heterocycles. The molecule has 1 aromatic carbocycles. The Hall–Kier alpha value is -1.77. The minimum absolute atomic E-state index is 0.161. The van der Waals surface area contributed by atoms with Gasteiger partial charge in [-0.1, -0.05) is 41.5 Å². The Labute approximate surface area is 95.2 Å². The summed E-state index contributed by atoms with van der Waals surface area (Å²) < 4.78 is 5.47. The van der Waals surface area contributed by atoms with Crippen LogP contribution in [0, 0.1) is 0 Å². The normalized spacial score (nSPS) is 11.5. The van der Waals surface area contributed by atoms with Gasteiger partial charge in [-0.15, -0.1) is 6.58 Å². The predicted octanol–water partition coefficient (Wildman–Crippen LogP) is 3.46. The first-order valence-corrected chi connectivity index (χ1v) is 5.13. The van der Waals surface area contributed by atoms with Crippen LogP contribution < -0.4 is 0 Å². The average Bonchev–Trinajstić information content (AvgIpc) is 2.31. The van der Waals surface area contributed by atoms with Gasteiger partial charge in [-0.3, -0.25) is 0 Å². The second-order valence-electron chi connectivity index (χ2n) is 3.38. The van der Waals surface area contributed by atoms with Gasteiger partial charge in [0.25, 0.3) is 0 Å². The molecule has 0 radical (unpaired) electrons. The molecule has 1 atom stereocenters. The molecule has 0 aliphatic heterocycles. The van der Waals surface area contributed by atoms with Crippen LogP contribution in [0.2, 0.25) is 0 Å². The van der Waals surface area contributed by atoms with Crippen molar-refractivity contribution in [2.45, 2.75) is 19.1 Å². The molecule has 1 aromatic rings. The second-order valence-corrected chi connectivity index (χ2v) is 3.38. The molecule has 0 N–H and O–H groups in total. The molecule has 1 rings (SSSR count). The quantitative estimate of drug-likeness (QED) is 0.298. The van der Waals surface area contributed by atoms with Crippen molar-refractivity contribution in [3.63, 3.8) is 0 Å². The Bertz CT molecular complexity index is 358. The lowest BCUT2D eigenvalue weighted by Crippen LogP contribution is -2.11. The molecule has 0 aromatic heterocycles. The van der Waals surface area contributed by atoms with Crippen LogP contribution in [0.3, 0.4) is 0 Å². The van der Waals surface area contributed by atoms with Crippen LogP contribution >= 0.6 is 0 Å². The molecule has 0 aliphatic carbocycles. The van der Waals surface area contributed by atoms with Crippen LogP contribution in [-0.2, 0) is 11.3 Å². The van der Waals surface area contributed by atoms with Crippen molar-refractivity contribution in [3.8, 4) is 0 Å². The minimum Gasteiger partial charge on any atom is -0.376 e. The molecule has 0 saturated carbocycles. The minimum atomic E-state index is -0.161. The van der Waals surface area contributed by atoms with Crippen molar-refractivity contribution in [1.82, 2.24) is 0 Å².